The Morgan fingerprint density at radius 2 is 1.83 bits per heavy atom. The molecule has 29 heavy (non-hydrogen) atoms. The van der Waals surface area contributed by atoms with Crippen molar-refractivity contribution in [1.29, 1.82) is 0 Å². The molecule has 4 rings (SSSR count). The van der Waals surface area contributed by atoms with Gasteiger partial charge in [0.1, 0.15) is 5.65 Å². The lowest BCUT2D eigenvalue weighted by atomic mass is 9.96. The predicted octanol–water partition coefficient (Wildman–Crippen LogP) is 4.28. The summed E-state index contributed by atoms with van der Waals surface area (Å²) in [5.41, 5.74) is 8.51. The number of nitrogens with two attached hydrogens (primary N) is 1. The van der Waals surface area contributed by atoms with Gasteiger partial charge in [0.15, 0.2) is 0 Å². The molecule has 0 bridgehead atoms. The fraction of sp³-hybridized carbons (Fsp3) is 0.333. The van der Waals surface area contributed by atoms with Crippen LogP contribution in [0.2, 0.25) is 0 Å². The molecule has 0 aliphatic carbocycles. The van der Waals surface area contributed by atoms with Crippen molar-refractivity contribution in [2.24, 2.45) is 11.7 Å². The lowest BCUT2D eigenvalue weighted by molar-refractivity contribution is 0.0693. The fourth-order valence-electron chi connectivity index (χ4n) is 3.46. The Balaban J connectivity index is 0.00000150. The van der Waals surface area contributed by atoms with Crippen LogP contribution >= 0.6 is 36.6 Å². The van der Waals surface area contributed by atoms with Crippen molar-refractivity contribution in [2.75, 3.05) is 19.6 Å². The largest absolute Gasteiger partial charge is 0.339 e. The van der Waals surface area contributed by atoms with E-state index in [2.05, 4.69) is 11.2 Å². The zero-order valence-electron chi connectivity index (χ0n) is 16.1. The molecule has 1 aliphatic heterocycles. The molecule has 0 spiro atoms. The number of amides is 1. The first-order chi connectivity index (χ1) is 13.2. The summed E-state index contributed by atoms with van der Waals surface area (Å²) in [6, 6.07) is 13.9. The van der Waals surface area contributed by atoms with E-state index < -0.39 is 0 Å². The maximum atomic E-state index is 12.7. The maximum Gasteiger partial charge on any atom is 0.253 e. The van der Waals surface area contributed by atoms with Gasteiger partial charge in [0.05, 0.1) is 5.69 Å². The molecule has 2 aromatic heterocycles. The van der Waals surface area contributed by atoms with Gasteiger partial charge in [0.25, 0.3) is 5.91 Å². The average molecular weight is 453 g/mol. The fourth-order valence-corrected chi connectivity index (χ4v) is 4.24. The van der Waals surface area contributed by atoms with Crippen LogP contribution < -0.4 is 5.73 Å². The van der Waals surface area contributed by atoms with Crippen LogP contribution in [0, 0.1) is 5.92 Å². The van der Waals surface area contributed by atoms with Crippen molar-refractivity contribution in [3.8, 4) is 0 Å². The van der Waals surface area contributed by atoms with Gasteiger partial charge in [-0.25, -0.2) is 4.98 Å². The summed E-state index contributed by atoms with van der Waals surface area (Å²) in [6.45, 7) is 2.34. The molecule has 0 unspecified atom stereocenters. The molecular formula is C21H26Cl2N4OS. The van der Waals surface area contributed by atoms with Crippen LogP contribution in [-0.4, -0.2) is 39.8 Å². The van der Waals surface area contributed by atoms with Crippen LogP contribution in [0.3, 0.4) is 0 Å². The summed E-state index contributed by atoms with van der Waals surface area (Å²) in [5.74, 6) is 1.50. The van der Waals surface area contributed by atoms with E-state index in [-0.39, 0.29) is 30.7 Å². The number of hydrogen-bond acceptors (Lipinski definition) is 4. The van der Waals surface area contributed by atoms with Gasteiger partial charge >= 0.3 is 0 Å². The van der Waals surface area contributed by atoms with Crippen LogP contribution in [0.4, 0.5) is 0 Å². The Bertz CT molecular complexity index is 891. The number of aromatic nitrogens is 2. The van der Waals surface area contributed by atoms with Gasteiger partial charge < -0.3 is 15.0 Å². The Morgan fingerprint density at radius 3 is 2.48 bits per heavy atom. The van der Waals surface area contributed by atoms with Crippen LogP contribution in [0.1, 0.15) is 28.9 Å². The summed E-state index contributed by atoms with van der Waals surface area (Å²) in [5, 5.41) is 0. The molecule has 0 saturated carbocycles. The van der Waals surface area contributed by atoms with E-state index in [0.717, 1.165) is 60.0 Å². The number of halogens is 2. The molecule has 1 saturated heterocycles. The van der Waals surface area contributed by atoms with Crippen molar-refractivity contribution in [1.82, 2.24) is 14.3 Å². The number of carbonyl (C=O) groups excluding carboxylic acids is 1. The molecule has 0 radical (unpaired) electrons. The number of piperidine rings is 1. The van der Waals surface area contributed by atoms with E-state index in [1.165, 1.54) is 0 Å². The van der Waals surface area contributed by atoms with E-state index in [1.807, 2.05) is 58.0 Å². The number of imidazole rings is 1. The molecule has 3 aromatic rings. The van der Waals surface area contributed by atoms with Gasteiger partial charge in [-0.1, -0.05) is 6.07 Å². The molecule has 2 N–H and O–H groups in total. The molecule has 1 aliphatic rings. The molecule has 1 fully saturated rings. The highest BCUT2D eigenvalue weighted by Gasteiger charge is 2.22. The number of hydrogen-bond donors (Lipinski definition) is 1. The highest BCUT2D eigenvalue weighted by atomic mass is 35.5. The molecule has 8 heteroatoms. The highest BCUT2D eigenvalue weighted by Crippen LogP contribution is 2.24. The van der Waals surface area contributed by atoms with Crippen LogP contribution in [0.5, 0.6) is 0 Å². The second-order valence-corrected chi connectivity index (χ2v) is 8.03. The van der Waals surface area contributed by atoms with Gasteiger partial charge in [-0.05, 0) is 61.7 Å². The van der Waals surface area contributed by atoms with Crippen LogP contribution in [0.15, 0.2) is 59.8 Å². The molecule has 1 aromatic carbocycles. The summed E-state index contributed by atoms with van der Waals surface area (Å²) < 4.78 is 2.03. The zero-order valence-corrected chi connectivity index (χ0v) is 18.5. The number of carbonyl (C=O) groups is 1. The number of rotatable bonds is 5. The lowest BCUT2D eigenvalue weighted by Gasteiger charge is -2.31. The van der Waals surface area contributed by atoms with Crippen molar-refractivity contribution in [3.63, 3.8) is 0 Å². The van der Waals surface area contributed by atoms with Crippen molar-refractivity contribution in [3.05, 3.63) is 66.1 Å². The topological polar surface area (TPSA) is 63.6 Å². The van der Waals surface area contributed by atoms with Gasteiger partial charge in [-0.2, -0.15) is 0 Å². The molecule has 3 heterocycles. The minimum absolute atomic E-state index is 0. The second kappa shape index (κ2) is 10.9. The van der Waals surface area contributed by atoms with Gasteiger partial charge in [0, 0.05) is 41.7 Å². The Morgan fingerprint density at radius 1 is 1.10 bits per heavy atom. The third-order valence-corrected chi connectivity index (χ3v) is 6.18. The standard InChI is InChI=1S/C21H24N4OS.2ClH/c22-13-16-8-11-24(12-9-16)21(26)17-4-6-19(7-5-17)27-15-18-14-25-10-2-1-3-20(25)23-18;;/h1-7,10,14,16H,8-9,11-13,15,22H2;2*1H. The van der Waals surface area contributed by atoms with Gasteiger partial charge in [-0.3, -0.25) is 4.79 Å². The number of thioether (sulfide) groups is 1. The third-order valence-electron chi connectivity index (χ3n) is 5.14. The summed E-state index contributed by atoms with van der Waals surface area (Å²) in [4.78, 5) is 20.4. The summed E-state index contributed by atoms with van der Waals surface area (Å²) >= 11 is 1.73. The zero-order chi connectivity index (χ0) is 18.6. The number of likely N-dealkylation sites (tertiary alicyclic amines) is 1. The molecule has 156 valence electrons. The lowest BCUT2D eigenvalue weighted by Crippen LogP contribution is -2.40. The number of pyridine rings is 1. The Hall–Kier alpha value is -1.73. The van der Waals surface area contributed by atoms with E-state index in [4.69, 9.17) is 5.73 Å². The van der Waals surface area contributed by atoms with E-state index in [1.54, 1.807) is 11.8 Å². The smallest absolute Gasteiger partial charge is 0.253 e. The number of fused-ring (bicyclic) bond motifs is 1. The van der Waals surface area contributed by atoms with Crippen molar-refractivity contribution in [2.45, 2.75) is 23.5 Å². The molecule has 5 nitrogen and oxygen atoms in total. The van der Waals surface area contributed by atoms with Crippen LogP contribution in [0.25, 0.3) is 5.65 Å². The van der Waals surface area contributed by atoms with E-state index in [0.29, 0.717) is 5.92 Å². The van der Waals surface area contributed by atoms with E-state index in [9.17, 15) is 4.79 Å². The Kier molecular flexibility index (Phi) is 8.83. The monoisotopic (exact) mass is 452 g/mol. The second-order valence-electron chi connectivity index (χ2n) is 6.98. The molecule has 1 amide bonds. The SMILES string of the molecule is Cl.Cl.NCC1CCN(C(=O)c2ccc(SCc3cn4ccccc4n3)cc2)CC1. The van der Waals surface area contributed by atoms with Crippen LogP contribution in [-0.2, 0) is 5.75 Å². The predicted molar refractivity (Wildman–Crippen MR) is 123 cm³/mol. The van der Waals surface area contributed by atoms with Crippen molar-refractivity contribution >= 4 is 48.1 Å². The average Bonchev–Trinajstić information content (AvgIpc) is 3.15. The summed E-state index contributed by atoms with van der Waals surface area (Å²) in [7, 11) is 0. The third kappa shape index (κ3) is 5.66. The molecule has 0 atom stereocenters. The summed E-state index contributed by atoms with van der Waals surface area (Å²) in [6.07, 6.45) is 6.09. The first kappa shape index (κ1) is 23.5. The van der Waals surface area contributed by atoms with E-state index >= 15 is 0 Å². The first-order valence-electron chi connectivity index (χ1n) is 9.38. The molecular weight excluding hydrogens is 427 g/mol. The van der Waals surface area contributed by atoms with Gasteiger partial charge in [0.2, 0.25) is 0 Å². The quantitative estimate of drug-likeness (QED) is 0.586. The minimum Gasteiger partial charge on any atom is -0.339 e. The number of benzene rings is 1. The Labute approximate surface area is 187 Å². The van der Waals surface area contributed by atoms with Gasteiger partial charge in [-0.15, -0.1) is 36.6 Å². The first-order valence-corrected chi connectivity index (χ1v) is 10.4. The normalized spacial score (nSPS) is 14.3. The van der Waals surface area contributed by atoms with Crippen molar-refractivity contribution < 1.29 is 4.79 Å². The highest BCUT2D eigenvalue weighted by molar-refractivity contribution is 7.98. The number of nitrogens with zero attached hydrogens (tertiary/aromatic N) is 3. The minimum atomic E-state index is 0. The maximum absolute atomic E-state index is 12.7.